The summed E-state index contributed by atoms with van der Waals surface area (Å²) in [6.07, 6.45) is 0. The van der Waals surface area contributed by atoms with Gasteiger partial charge in [0.1, 0.15) is 5.82 Å². The van der Waals surface area contributed by atoms with Crippen molar-refractivity contribution in [3.63, 3.8) is 0 Å². The number of pyridine rings is 1. The molecule has 0 saturated carbocycles. The van der Waals surface area contributed by atoms with Crippen LogP contribution in [0.15, 0.2) is 18.2 Å². The van der Waals surface area contributed by atoms with Gasteiger partial charge in [-0.05, 0) is 12.1 Å². The molecule has 0 aromatic carbocycles. The molecule has 0 amide bonds. The molecular formula is C10H16N2. The molecule has 1 N–H and O–H groups in total. The normalized spacial score (nSPS) is 11.3. The van der Waals surface area contributed by atoms with E-state index in [0.29, 0.717) is 0 Å². The molecule has 12 heavy (non-hydrogen) atoms. The molecule has 1 aromatic heterocycles. The molecule has 0 bridgehead atoms. The molecule has 1 rings (SSSR count). The number of nitrogens with one attached hydrogen (secondary N) is 1. The molecule has 0 aliphatic heterocycles. The molecule has 0 aliphatic carbocycles. The maximum atomic E-state index is 4.45. The number of hydrogen-bond acceptors (Lipinski definition) is 2. The third-order valence-electron chi connectivity index (χ3n) is 1.77. The van der Waals surface area contributed by atoms with E-state index in [9.17, 15) is 0 Å². The second kappa shape index (κ2) is 3.13. The van der Waals surface area contributed by atoms with Crippen LogP contribution in [-0.2, 0) is 5.41 Å². The van der Waals surface area contributed by atoms with Crippen LogP contribution in [0, 0.1) is 0 Å². The molecule has 2 heteroatoms. The fourth-order valence-electron chi connectivity index (χ4n) is 0.992. The lowest BCUT2D eigenvalue weighted by atomic mass is 9.92. The highest BCUT2D eigenvalue weighted by molar-refractivity contribution is 5.35. The zero-order valence-corrected chi connectivity index (χ0v) is 8.18. The van der Waals surface area contributed by atoms with Crippen molar-refractivity contribution in [1.82, 2.24) is 4.98 Å². The van der Waals surface area contributed by atoms with Crippen LogP contribution in [0.5, 0.6) is 0 Å². The van der Waals surface area contributed by atoms with Gasteiger partial charge in [0.25, 0.3) is 0 Å². The predicted molar refractivity (Wildman–Crippen MR) is 52.5 cm³/mol. The van der Waals surface area contributed by atoms with Crippen LogP contribution >= 0.6 is 0 Å². The number of nitrogens with zero attached hydrogens (tertiary/aromatic N) is 1. The van der Waals surface area contributed by atoms with E-state index in [4.69, 9.17) is 0 Å². The lowest BCUT2D eigenvalue weighted by molar-refractivity contribution is 0.570. The Kier molecular flexibility index (Phi) is 2.36. The van der Waals surface area contributed by atoms with Crippen molar-refractivity contribution in [3.8, 4) is 0 Å². The van der Waals surface area contributed by atoms with Gasteiger partial charge in [0.15, 0.2) is 0 Å². The summed E-state index contributed by atoms with van der Waals surface area (Å²) in [6, 6.07) is 6.05. The third kappa shape index (κ3) is 1.97. The van der Waals surface area contributed by atoms with E-state index < -0.39 is 0 Å². The van der Waals surface area contributed by atoms with Gasteiger partial charge in [-0.3, -0.25) is 0 Å². The summed E-state index contributed by atoms with van der Waals surface area (Å²) in [4.78, 5) is 4.45. The average Bonchev–Trinajstić information content (AvgIpc) is 2.03. The zero-order valence-electron chi connectivity index (χ0n) is 8.18. The van der Waals surface area contributed by atoms with Gasteiger partial charge in [-0.2, -0.15) is 0 Å². The highest BCUT2D eigenvalue weighted by Crippen LogP contribution is 2.20. The molecule has 1 heterocycles. The van der Waals surface area contributed by atoms with Crippen molar-refractivity contribution in [2.75, 3.05) is 12.4 Å². The predicted octanol–water partition coefficient (Wildman–Crippen LogP) is 2.42. The Morgan fingerprint density at radius 2 is 1.92 bits per heavy atom. The van der Waals surface area contributed by atoms with E-state index >= 15 is 0 Å². The Hall–Kier alpha value is -1.05. The summed E-state index contributed by atoms with van der Waals surface area (Å²) in [7, 11) is 1.88. The second-order valence-corrected chi connectivity index (χ2v) is 3.91. The standard InChI is InChI=1S/C10H16N2/c1-10(2,3)8-6-5-7-9(11-4)12-8/h5-7H,1-4H3,(H,11,12). The molecule has 2 nitrogen and oxygen atoms in total. The monoisotopic (exact) mass is 164 g/mol. The summed E-state index contributed by atoms with van der Waals surface area (Å²) in [5.74, 6) is 0.933. The third-order valence-corrected chi connectivity index (χ3v) is 1.77. The first kappa shape index (κ1) is 9.04. The quantitative estimate of drug-likeness (QED) is 0.689. The van der Waals surface area contributed by atoms with Gasteiger partial charge in [0.05, 0.1) is 0 Å². The van der Waals surface area contributed by atoms with Gasteiger partial charge in [-0.1, -0.05) is 26.8 Å². The van der Waals surface area contributed by atoms with E-state index in [-0.39, 0.29) is 5.41 Å². The van der Waals surface area contributed by atoms with Crippen LogP contribution in [0.1, 0.15) is 26.5 Å². The lowest BCUT2D eigenvalue weighted by Gasteiger charge is -2.17. The van der Waals surface area contributed by atoms with Crippen LogP contribution in [0.4, 0.5) is 5.82 Å². The van der Waals surface area contributed by atoms with Crippen LogP contribution < -0.4 is 5.32 Å². The van der Waals surface area contributed by atoms with Gasteiger partial charge in [-0.25, -0.2) is 4.98 Å². The van der Waals surface area contributed by atoms with Crippen molar-refractivity contribution in [2.24, 2.45) is 0 Å². The number of rotatable bonds is 1. The first-order valence-corrected chi connectivity index (χ1v) is 4.19. The Labute approximate surface area is 74.0 Å². The van der Waals surface area contributed by atoms with Crippen molar-refractivity contribution in [3.05, 3.63) is 23.9 Å². The fraction of sp³-hybridized carbons (Fsp3) is 0.500. The summed E-state index contributed by atoms with van der Waals surface area (Å²) >= 11 is 0. The Balaban J connectivity index is 3.02. The topological polar surface area (TPSA) is 24.9 Å². The molecular weight excluding hydrogens is 148 g/mol. The first-order valence-electron chi connectivity index (χ1n) is 4.19. The minimum absolute atomic E-state index is 0.132. The highest BCUT2D eigenvalue weighted by Gasteiger charge is 2.14. The molecule has 0 atom stereocenters. The van der Waals surface area contributed by atoms with Gasteiger partial charge in [-0.15, -0.1) is 0 Å². The van der Waals surface area contributed by atoms with Gasteiger partial charge in [0.2, 0.25) is 0 Å². The zero-order chi connectivity index (χ0) is 9.19. The average molecular weight is 164 g/mol. The SMILES string of the molecule is CNc1cccc(C(C)(C)C)n1. The summed E-state index contributed by atoms with van der Waals surface area (Å²) in [5, 5.41) is 3.03. The van der Waals surface area contributed by atoms with Crippen LogP contribution in [0.2, 0.25) is 0 Å². The molecule has 0 saturated heterocycles. The number of aromatic nitrogens is 1. The summed E-state index contributed by atoms with van der Waals surface area (Å²) < 4.78 is 0. The Morgan fingerprint density at radius 1 is 1.25 bits per heavy atom. The summed E-state index contributed by atoms with van der Waals surface area (Å²) in [6.45, 7) is 6.48. The van der Waals surface area contributed by atoms with Crippen LogP contribution in [0.25, 0.3) is 0 Å². The fourth-order valence-corrected chi connectivity index (χ4v) is 0.992. The molecule has 1 aromatic rings. The summed E-state index contributed by atoms with van der Waals surface area (Å²) in [5.41, 5.74) is 1.25. The second-order valence-electron chi connectivity index (χ2n) is 3.91. The molecule has 0 spiro atoms. The van der Waals surface area contributed by atoms with E-state index in [1.165, 1.54) is 0 Å². The van der Waals surface area contributed by atoms with E-state index in [1.54, 1.807) is 0 Å². The largest absolute Gasteiger partial charge is 0.373 e. The van der Waals surface area contributed by atoms with Crippen molar-refractivity contribution in [1.29, 1.82) is 0 Å². The lowest BCUT2D eigenvalue weighted by Crippen LogP contribution is -2.13. The Bertz CT molecular complexity index is 261. The smallest absolute Gasteiger partial charge is 0.125 e. The van der Waals surface area contributed by atoms with Crippen LogP contribution in [0.3, 0.4) is 0 Å². The van der Waals surface area contributed by atoms with Gasteiger partial charge in [0, 0.05) is 18.2 Å². The molecule has 0 radical (unpaired) electrons. The maximum Gasteiger partial charge on any atom is 0.125 e. The van der Waals surface area contributed by atoms with Gasteiger partial charge < -0.3 is 5.32 Å². The van der Waals surface area contributed by atoms with Crippen molar-refractivity contribution >= 4 is 5.82 Å². The van der Waals surface area contributed by atoms with Crippen molar-refractivity contribution < 1.29 is 0 Å². The minimum atomic E-state index is 0.132. The van der Waals surface area contributed by atoms with E-state index in [0.717, 1.165) is 11.5 Å². The Morgan fingerprint density at radius 3 is 2.42 bits per heavy atom. The maximum absolute atomic E-state index is 4.45. The number of hydrogen-bond donors (Lipinski definition) is 1. The first-order chi connectivity index (χ1) is 5.54. The molecule has 0 fully saturated rings. The van der Waals surface area contributed by atoms with E-state index in [1.807, 2.05) is 19.2 Å². The highest BCUT2D eigenvalue weighted by atomic mass is 15.0. The van der Waals surface area contributed by atoms with Crippen molar-refractivity contribution in [2.45, 2.75) is 26.2 Å². The number of anilines is 1. The molecule has 0 unspecified atom stereocenters. The molecule has 66 valence electrons. The van der Waals surface area contributed by atoms with E-state index in [2.05, 4.69) is 37.1 Å². The van der Waals surface area contributed by atoms with Gasteiger partial charge >= 0.3 is 0 Å². The minimum Gasteiger partial charge on any atom is -0.373 e. The molecule has 0 aliphatic rings. The van der Waals surface area contributed by atoms with Crippen LogP contribution in [-0.4, -0.2) is 12.0 Å².